The second kappa shape index (κ2) is 23.0. The number of hydrogen-bond donors (Lipinski definition) is 0. The van der Waals surface area contributed by atoms with Gasteiger partial charge in [-0.1, -0.05) is 109 Å². The van der Waals surface area contributed by atoms with E-state index in [1.165, 1.54) is 18.2 Å². The molecule has 0 aliphatic heterocycles. The number of esters is 1. The highest BCUT2D eigenvalue weighted by atomic mass is 19.4. The maximum absolute atomic E-state index is 14.2. The lowest BCUT2D eigenvalue weighted by atomic mass is 9.12. The topological polar surface area (TPSA) is 47.2 Å². The van der Waals surface area contributed by atoms with Crippen molar-refractivity contribution >= 4 is 50.5 Å². The van der Waals surface area contributed by atoms with Crippen molar-refractivity contribution in [2.45, 2.75) is 56.0 Å². The first kappa shape index (κ1) is 65.0. The number of para-hydroxylation sites is 1. The second-order valence-corrected chi connectivity index (χ2v) is 18.7. The van der Waals surface area contributed by atoms with Crippen molar-refractivity contribution in [3.8, 4) is 5.75 Å². The predicted molar refractivity (Wildman–Crippen MR) is 256 cm³/mol. The van der Waals surface area contributed by atoms with Crippen LogP contribution in [-0.4, -0.2) is 17.9 Å². The Morgan fingerprint density at radius 1 is 0.372 bits per heavy atom. The molecule has 1 aromatic heterocycles. The van der Waals surface area contributed by atoms with Crippen LogP contribution in [0.1, 0.15) is 65.4 Å². The molecule has 0 spiro atoms. The molecule has 0 bridgehead atoms. The van der Waals surface area contributed by atoms with Crippen molar-refractivity contribution in [1.29, 1.82) is 0 Å². The van der Waals surface area contributed by atoms with Gasteiger partial charge in [-0.25, -0.2) is 9.18 Å². The number of ether oxygens (including phenoxy) is 1. The number of nitrogens with zero attached hydrogens (tertiary/aromatic N) is 1. The Morgan fingerprint density at radius 3 is 1.00 bits per heavy atom. The minimum absolute atomic E-state index is 0.0451. The van der Waals surface area contributed by atoms with Gasteiger partial charge in [0.15, 0.2) is 17.8 Å². The summed E-state index contributed by atoms with van der Waals surface area (Å²) in [5, 5.41) is 1.44. The van der Waals surface area contributed by atoms with Crippen molar-refractivity contribution in [3.63, 3.8) is 0 Å². The van der Waals surface area contributed by atoms with Gasteiger partial charge in [0.2, 0.25) is 12.3 Å². The SMILES string of the molecule is FC(F)(F)c1cc([B-](c2cc(C(F)(F)F)cc(C(F)(F)F)c2)(c2cc(C(F)(F)F)cc(C(F)(F)F)c2)c2cc(C(F)(F)F)cc(C(F)(F)F)c2)cc(C(F)(F)F)c1.O=C(C[n+]1ccc2ccccc2c1C(=O)Oc1ccccc1F)c1ccccc1. The van der Waals surface area contributed by atoms with E-state index in [9.17, 15) is 119 Å². The summed E-state index contributed by atoms with van der Waals surface area (Å²) in [6.07, 6.45) is -53.1. The molecule has 454 valence electrons. The van der Waals surface area contributed by atoms with Crippen LogP contribution >= 0.6 is 0 Å². The van der Waals surface area contributed by atoms with Gasteiger partial charge in [0, 0.05) is 11.6 Å². The van der Waals surface area contributed by atoms with Gasteiger partial charge in [-0.05, 0) is 47.9 Å². The highest BCUT2D eigenvalue weighted by Crippen LogP contribution is 2.42. The number of rotatable bonds is 9. The number of aromatic nitrogens is 1. The van der Waals surface area contributed by atoms with E-state index in [-0.39, 0.29) is 23.8 Å². The minimum Gasteiger partial charge on any atom is -0.415 e. The third kappa shape index (κ3) is 14.4. The normalized spacial score (nSPS) is 13.1. The summed E-state index contributed by atoms with van der Waals surface area (Å²) in [6.45, 7) is -0.0451. The van der Waals surface area contributed by atoms with Crippen molar-refractivity contribution in [2.24, 2.45) is 0 Å². The molecular weight excluding hydrogens is 1220 g/mol. The molecule has 7 aromatic carbocycles. The Balaban J connectivity index is 0.000000302. The first-order chi connectivity index (χ1) is 39.4. The fourth-order valence-corrected chi connectivity index (χ4v) is 9.23. The largest absolute Gasteiger partial charge is 0.416 e. The van der Waals surface area contributed by atoms with E-state index in [1.54, 1.807) is 53.2 Å². The van der Waals surface area contributed by atoms with Gasteiger partial charge < -0.3 is 4.74 Å². The van der Waals surface area contributed by atoms with E-state index in [0.29, 0.717) is 10.9 Å². The maximum Gasteiger partial charge on any atom is 0.416 e. The Bertz CT molecular complexity index is 3400. The van der Waals surface area contributed by atoms with E-state index in [1.807, 2.05) is 24.3 Å². The first-order valence-electron chi connectivity index (χ1n) is 23.7. The first-order valence-corrected chi connectivity index (χ1v) is 23.7. The zero-order valence-electron chi connectivity index (χ0n) is 42.0. The van der Waals surface area contributed by atoms with Crippen LogP contribution in [-0.2, 0) is 56.0 Å². The number of halogens is 25. The third-order valence-electron chi connectivity index (χ3n) is 13.0. The molecule has 0 amide bonds. The summed E-state index contributed by atoms with van der Waals surface area (Å²) in [6, 6.07) is 14.9. The quantitative estimate of drug-likeness (QED) is 0.0361. The zero-order valence-corrected chi connectivity index (χ0v) is 42.0. The summed E-state index contributed by atoms with van der Waals surface area (Å²) in [5.41, 5.74) is -29.5. The summed E-state index contributed by atoms with van der Waals surface area (Å²) < 4.78 is 362. The van der Waals surface area contributed by atoms with Crippen molar-refractivity contribution < 1.29 is 129 Å². The molecular formula is C56H29BF25NO3. The van der Waals surface area contributed by atoms with Gasteiger partial charge in [0.05, 0.1) is 49.9 Å². The lowest BCUT2D eigenvalue weighted by molar-refractivity contribution is -0.684. The monoisotopic (exact) mass is 1250 g/mol. The molecule has 86 heavy (non-hydrogen) atoms. The van der Waals surface area contributed by atoms with Crippen molar-refractivity contribution in [3.05, 3.63) is 226 Å². The number of alkyl halides is 24. The highest BCUT2D eigenvalue weighted by molar-refractivity contribution is 7.20. The number of Topliss-reactive ketones (excluding diaryl/α,β-unsaturated/α-hetero) is 1. The molecule has 4 nitrogen and oxygen atoms in total. The molecule has 0 atom stereocenters. The lowest BCUT2D eigenvalue weighted by Crippen LogP contribution is -2.75. The summed E-state index contributed by atoms with van der Waals surface area (Å²) >= 11 is 0. The Kier molecular flexibility index (Phi) is 17.4. The van der Waals surface area contributed by atoms with Crippen molar-refractivity contribution in [1.82, 2.24) is 0 Å². The molecule has 30 heteroatoms. The molecule has 0 unspecified atom stereocenters. The summed E-state index contributed by atoms with van der Waals surface area (Å²) in [5.74, 6) is -1.67. The number of carbonyl (C=O) groups excluding carboxylic acids is 2. The van der Waals surface area contributed by atoms with E-state index >= 15 is 0 Å². The van der Waals surface area contributed by atoms with Crippen LogP contribution in [0.2, 0.25) is 0 Å². The minimum atomic E-state index is -6.13. The fourth-order valence-electron chi connectivity index (χ4n) is 9.23. The van der Waals surface area contributed by atoms with Gasteiger partial charge in [-0.15, -0.1) is 0 Å². The van der Waals surface area contributed by atoms with Gasteiger partial charge in [-0.2, -0.15) is 132 Å². The van der Waals surface area contributed by atoms with Crippen LogP contribution in [0, 0.1) is 5.82 Å². The van der Waals surface area contributed by atoms with Gasteiger partial charge in [0.1, 0.15) is 6.15 Å². The third-order valence-corrected chi connectivity index (χ3v) is 13.0. The maximum atomic E-state index is 14.2. The molecule has 0 N–H and O–H groups in total. The number of carbonyl (C=O) groups is 2. The fraction of sp³-hybridized carbons (Fsp3) is 0.161. The zero-order chi connectivity index (χ0) is 64.1. The molecule has 0 saturated carbocycles. The molecule has 1 heterocycles. The number of ketones is 1. The number of fused-ring (bicyclic) bond motifs is 1. The molecule has 0 fully saturated rings. The lowest BCUT2D eigenvalue weighted by Gasteiger charge is -2.46. The highest BCUT2D eigenvalue weighted by Gasteiger charge is 2.47. The number of hydrogen-bond acceptors (Lipinski definition) is 3. The average molecular weight is 1250 g/mol. The molecule has 0 radical (unpaired) electrons. The Morgan fingerprint density at radius 2 is 0.674 bits per heavy atom. The van der Waals surface area contributed by atoms with Crippen LogP contribution in [0.5, 0.6) is 5.75 Å². The summed E-state index contributed by atoms with van der Waals surface area (Å²) in [7, 11) is 0. The second-order valence-electron chi connectivity index (χ2n) is 18.7. The molecule has 0 aliphatic carbocycles. The smallest absolute Gasteiger partial charge is 0.415 e. The summed E-state index contributed by atoms with van der Waals surface area (Å²) in [4.78, 5) is 25.7. The average Bonchev–Trinajstić information content (AvgIpc) is 0.720. The van der Waals surface area contributed by atoms with Crippen LogP contribution in [0.25, 0.3) is 10.8 Å². The van der Waals surface area contributed by atoms with E-state index in [2.05, 4.69) is 0 Å². The van der Waals surface area contributed by atoms with E-state index < -0.39 is 206 Å². The number of benzene rings is 7. The molecule has 0 aliphatic rings. The van der Waals surface area contributed by atoms with Gasteiger partial charge in [0.25, 0.3) is 5.69 Å². The predicted octanol–water partition coefficient (Wildman–Crippen LogP) is 15.6. The number of pyridine rings is 1. The van der Waals surface area contributed by atoms with Crippen LogP contribution in [0.4, 0.5) is 110 Å². The standard InChI is InChI=1S/C32H12BF24.C24H17FNO3/c34-25(35,36)13-1-14(26(37,38)39)6-21(5-13)33(22-7-15(27(40,41)42)2-16(8-22)28(43,44)45,23-9-17(29(46,47)48)3-18(10-23)30(49,50)51)24-11-19(31(52,53)54)4-20(12-24)32(55,56)57;25-20-12-6-7-13-22(20)29-24(28)23-19-11-5-4-8-17(19)14-15-26(23)16-21(27)18-9-2-1-3-10-18/h1-12H;1-15H,16H2/q-1;+1. The molecule has 0 saturated heterocycles. The van der Waals surface area contributed by atoms with Gasteiger partial charge >= 0.3 is 55.4 Å². The van der Waals surface area contributed by atoms with Gasteiger partial charge in [-0.3, -0.25) is 4.79 Å². The van der Waals surface area contributed by atoms with E-state index in [4.69, 9.17) is 4.74 Å². The van der Waals surface area contributed by atoms with Crippen LogP contribution in [0.3, 0.4) is 0 Å². The van der Waals surface area contributed by atoms with Crippen LogP contribution < -0.4 is 31.2 Å². The molecule has 8 aromatic rings. The van der Waals surface area contributed by atoms with Crippen molar-refractivity contribution in [2.75, 3.05) is 0 Å². The molecule has 8 rings (SSSR count). The Hall–Kier alpha value is -8.60. The Labute approximate surface area is 465 Å². The van der Waals surface area contributed by atoms with Crippen LogP contribution in [0.15, 0.2) is 164 Å². The van der Waals surface area contributed by atoms with E-state index in [0.717, 1.165) is 5.39 Å².